The van der Waals surface area contributed by atoms with Crippen molar-refractivity contribution in [3.63, 3.8) is 0 Å². The number of aromatic nitrogens is 4. The van der Waals surface area contributed by atoms with Crippen molar-refractivity contribution in [2.24, 2.45) is 0 Å². The molecule has 35 heavy (non-hydrogen) atoms. The maximum absolute atomic E-state index is 15.4. The molecule has 0 bridgehead atoms. The van der Waals surface area contributed by atoms with Crippen LogP contribution in [-0.2, 0) is 6.54 Å². The topological polar surface area (TPSA) is 98.6 Å². The number of hydrogen-bond donors (Lipinski definition) is 2. The van der Waals surface area contributed by atoms with E-state index in [1.807, 2.05) is 4.90 Å². The molecule has 4 aromatic rings. The number of carbonyl (C=O) groups is 1. The van der Waals surface area contributed by atoms with Crippen molar-refractivity contribution in [2.45, 2.75) is 20.4 Å². The average molecular weight is 482 g/mol. The van der Waals surface area contributed by atoms with Gasteiger partial charge in [-0.1, -0.05) is 6.07 Å². The van der Waals surface area contributed by atoms with Crippen LogP contribution >= 0.6 is 0 Å². The second kappa shape index (κ2) is 9.06. The van der Waals surface area contributed by atoms with E-state index in [9.17, 15) is 14.0 Å². The second-order valence-electron chi connectivity index (χ2n) is 8.60. The third kappa shape index (κ3) is 4.12. The zero-order valence-electron chi connectivity index (χ0n) is 19.4. The molecule has 11 heteroatoms. The molecule has 0 saturated carbocycles. The standard InChI is InChI=1S/C24H25F2N7O2/c1-3-27-23(34)16-5-7-18(22(26)29-16)32-10-8-31(9-11-32)13-15-4-6-17-20(19(15)25)30-24(35)21-14(2)12-28-33(17)21/h4-7,12H,3,8-11,13H2,1-2H3,(H,27,34)(H,30,35). The van der Waals surface area contributed by atoms with Crippen molar-refractivity contribution in [1.29, 1.82) is 0 Å². The highest BCUT2D eigenvalue weighted by Gasteiger charge is 2.23. The molecule has 1 amide bonds. The number of carbonyl (C=O) groups excluding carboxylic acids is 1. The predicted molar refractivity (Wildman–Crippen MR) is 128 cm³/mol. The van der Waals surface area contributed by atoms with Crippen LogP contribution in [0.15, 0.2) is 35.3 Å². The lowest BCUT2D eigenvalue weighted by Gasteiger charge is -2.36. The van der Waals surface area contributed by atoms with Gasteiger partial charge >= 0.3 is 0 Å². The molecule has 9 nitrogen and oxygen atoms in total. The molecule has 1 aliphatic heterocycles. The molecule has 1 saturated heterocycles. The Kier molecular flexibility index (Phi) is 5.93. The van der Waals surface area contributed by atoms with E-state index in [0.29, 0.717) is 61.6 Å². The van der Waals surface area contributed by atoms with Crippen LogP contribution in [0.2, 0.25) is 0 Å². The van der Waals surface area contributed by atoms with Gasteiger partial charge in [0.05, 0.1) is 17.4 Å². The van der Waals surface area contributed by atoms with Crippen LogP contribution in [0, 0.1) is 18.7 Å². The van der Waals surface area contributed by atoms with Gasteiger partial charge in [0.1, 0.15) is 16.7 Å². The van der Waals surface area contributed by atoms with E-state index in [0.717, 1.165) is 5.56 Å². The predicted octanol–water partition coefficient (Wildman–Crippen LogP) is 2.23. The number of aromatic amines is 1. The van der Waals surface area contributed by atoms with Gasteiger partial charge in [0.15, 0.2) is 5.82 Å². The average Bonchev–Trinajstić information content (AvgIpc) is 3.24. The van der Waals surface area contributed by atoms with E-state index in [-0.39, 0.29) is 16.8 Å². The minimum atomic E-state index is -0.688. The summed E-state index contributed by atoms with van der Waals surface area (Å²) in [4.78, 5) is 34.7. The first-order chi connectivity index (χ1) is 16.9. The minimum absolute atomic E-state index is 0.0408. The molecule has 0 unspecified atom stereocenters. The molecule has 0 aliphatic carbocycles. The van der Waals surface area contributed by atoms with Gasteiger partial charge in [0.25, 0.3) is 11.5 Å². The fraction of sp³-hybridized carbons (Fsp3) is 0.333. The van der Waals surface area contributed by atoms with Crippen molar-refractivity contribution >= 4 is 28.1 Å². The van der Waals surface area contributed by atoms with E-state index in [2.05, 4.69) is 25.3 Å². The summed E-state index contributed by atoms with van der Waals surface area (Å²) < 4.78 is 31.4. The summed E-state index contributed by atoms with van der Waals surface area (Å²) in [5.74, 6) is -1.58. The Morgan fingerprint density at radius 2 is 1.91 bits per heavy atom. The normalized spacial score (nSPS) is 14.7. The Hall–Kier alpha value is -3.86. The molecule has 1 aromatic carbocycles. The summed E-state index contributed by atoms with van der Waals surface area (Å²) in [6, 6.07) is 6.55. The van der Waals surface area contributed by atoms with Gasteiger partial charge in [-0.25, -0.2) is 13.9 Å². The summed E-state index contributed by atoms with van der Waals surface area (Å²) in [6.07, 6.45) is 1.58. The molecule has 0 atom stereocenters. The van der Waals surface area contributed by atoms with Gasteiger partial charge in [0, 0.05) is 50.4 Å². The van der Waals surface area contributed by atoms with Crippen molar-refractivity contribution in [2.75, 3.05) is 37.6 Å². The highest BCUT2D eigenvalue weighted by atomic mass is 19.1. The smallest absolute Gasteiger partial charge is 0.274 e. The first kappa shape index (κ1) is 22.9. The molecule has 2 N–H and O–H groups in total. The van der Waals surface area contributed by atoms with Gasteiger partial charge < -0.3 is 15.2 Å². The third-order valence-electron chi connectivity index (χ3n) is 6.34. The van der Waals surface area contributed by atoms with E-state index >= 15 is 4.39 Å². The number of nitrogens with one attached hydrogen (secondary N) is 2. The maximum Gasteiger partial charge on any atom is 0.274 e. The molecule has 3 aromatic heterocycles. The zero-order chi connectivity index (χ0) is 24.7. The number of anilines is 1. The molecule has 0 spiro atoms. The quantitative estimate of drug-likeness (QED) is 0.424. The van der Waals surface area contributed by atoms with E-state index in [1.165, 1.54) is 10.6 Å². The minimum Gasteiger partial charge on any atom is -0.365 e. The van der Waals surface area contributed by atoms with Crippen molar-refractivity contribution in [3.05, 3.63) is 69.4 Å². The van der Waals surface area contributed by atoms with Gasteiger partial charge in [-0.15, -0.1) is 0 Å². The van der Waals surface area contributed by atoms with E-state index in [4.69, 9.17) is 0 Å². The van der Waals surface area contributed by atoms with Crippen molar-refractivity contribution in [1.82, 2.24) is 29.8 Å². The summed E-state index contributed by atoms with van der Waals surface area (Å²) in [5.41, 5.74) is 2.21. The lowest BCUT2D eigenvalue weighted by Crippen LogP contribution is -2.46. The van der Waals surface area contributed by atoms with Gasteiger partial charge in [-0.2, -0.15) is 9.49 Å². The van der Waals surface area contributed by atoms with Crippen LogP contribution in [0.1, 0.15) is 28.5 Å². The Bertz CT molecular complexity index is 1490. The molecular weight excluding hydrogens is 456 g/mol. The number of hydrogen-bond acceptors (Lipinski definition) is 6. The Morgan fingerprint density at radius 3 is 2.63 bits per heavy atom. The number of H-pyrrole nitrogens is 1. The number of nitrogens with zero attached hydrogens (tertiary/aromatic N) is 5. The number of halogens is 2. The molecule has 1 aliphatic rings. The largest absolute Gasteiger partial charge is 0.365 e. The first-order valence-corrected chi connectivity index (χ1v) is 11.5. The fourth-order valence-electron chi connectivity index (χ4n) is 4.52. The van der Waals surface area contributed by atoms with Crippen LogP contribution in [-0.4, -0.2) is 63.1 Å². The van der Waals surface area contributed by atoms with Crippen LogP contribution in [0.5, 0.6) is 0 Å². The number of fused-ring (bicyclic) bond motifs is 3. The summed E-state index contributed by atoms with van der Waals surface area (Å²) in [5, 5.41) is 6.82. The van der Waals surface area contributed by atoms with Gasteiger partial charge in [0.2, 0.25) is 5.95 Å². The Labute approximate surface area is 199 Å². The first-order valence-electron chi connectivity index (χ1n) is 11.5. The number of benzene rings is 1. The Morgan fingerprint density at radius 1 is 1.14 bits per heavy atom. The summed E-state index contributed by atoms with van der Waals surface area (Å²) in [7, 11) is 0. The van der Waals surface area contributed by atoms with E-state index in [1.54, 1.807) is 38.2 Å². The van der Waals surface area contributed by atoms with Crippen molar-refractivity contribution < 1.29 is 13.6 Å². The SMILES string of the molecule is CCNC(=O)c1ccc(N2CCN(Cc3ccc4c([nH]c(=O)c5c(C)cnn54)c3F)CC2)c(F)n1. The van der Waals surface area contributed by atoms with Crippen molar-refractivity contribution in [3.8, 4) is 0 Å². The summed E-state index contributed by atoms with van der Waals surface area (Å²) in [6.45, 7) is 6.58. The molecule has 0 radical (unpaired) electrons. The van der Waals surface area contributed by atoms with Gasteiger partial charge in [-0.05, 0) is 32.0 Å². The molecule has 1 fully saturated rings. The molecule has 182 valence electrons. The fourth-order valence-corrected chi connectivity index (χ4v) is 4.52. The number of piperazine rings is 1. The molecule has 4 heterocycles. The monoisotopic (exact) mass is 481 g/mol. The number of pyridine rings is 1. The molecule has 5 rings (SSSR count). The van der Waals surface area contributed by atoms with Crippen LogP contribution < -0.4 is 15.8 Å². The van der Waals surface area contributed by atoms with Gasteiger partial charge in [-0.3, -0.25) is 14.5 Å². The lowest BCUT2D eigenvalue weighted by atomic mass is 10.1. The second-order valence-corrected chi connectivity index (χ2v) is 8.60. The lowest BCUT2D eigenvalue weighted by molar-refractivity contribution is 0.0949. The van der Waals surface area contributed by atoms with Crippen LogP contribution in [0.3, 0.4) is 0 Å². The highest BCUT2D eigenvalue weighted by Crippen LogP contribution is 2.23. The summed E-state index contributed by atoms with van der Waals surface area (Å²) >= 11 is 0. The van der Waals surface area contributed by atoms with E-state index < -0.39 is 17.7 Å². The number of amides is 1. The highest BCUT2D eigenvalue weighted by molar-refractivity contribution is 5.92. The third-order valence-corrected chi connectivity index (χ3v) is 6.34. The number of rotatable bonds is 5. The van der Waals surface area contributed by atoms with Crippen LogP contribution in [0.4, 0.5) is 14.5 Å². The Balaban J connectivity index is 1.30. The molecular formula is C24H25F2N7O2. The maximum atomic E-state index is 15.4. The zero-order valence-corrected chi connectivity index (χ0v) is 19.4. The van der Waals surface area contributed by atoms with Crippen LogP contribution in [0.25, 0.3) is 16.6 Å². The number of aryl methyl sites for hydroxylation is 1.